The fraction of sp³-hybridized carbons (Fsp3) is 0.190. The van der Waals surface area contributed by atoms with E-state index in [2.05, 4.69) is 31.3 Å². The summed E-state index contributed by atoms with van der Waals surface area (Å²) in [5, 5.41) is 7.59. The van der Waals surface area contributed by atoms with Crippen molar-refractivity contribution in [1.82, 2.24) is 14.8 Å². The summed E-state index contributed by atoms with van der Waals surface area (Å²) < 4.78 is 13.6. The van der Waals surface area contributed by atoms with E-state index in [0.717, 1.165) is 32.6 Å². The Morgan fingerprint density at radius 3 is 2.86 bits per heavy atom. The molecule has 146 valence electrons. The van der Waals surface area contributed by atoms with Crippen LogP contribution in [0.1, 0.15) is 29.2 Å². The smallest absolute Gasteiger partial charge is 0.325 e. The van der Waals surface area contributed by atoms with E-state index < -0.39 is 0 Å². The lowest BCUT2D eigenvalue weighted by atomic mass is 9.86. The molecule has 0 saturated carbocycles. The van der Waals surface area contributed by atoms with Gasteiger partial charge in [0.25, 0.3) is 0 Å². The molecule has 0 unspecified atom stereocenters. The molecule has 8 heteroatoms. The number of amides is 1. The maximum absolute atomic E-state index is 12.5. The normalized spacial score (nSPS) is 16.0. The Labute approximate surface area is 174 Å². The van der Waals surface area contributed by atoms with Crippen LogP contribution in [-0.4, -0.2) is 27.8 Å². The zero-order valence-corrected chi connectivity index (χ0v) is 17.4. The molecule has 2 aromatic heterocycles. The number of halogens is 1. The van der Waals surface area contributed by atoms with Crippen LogP contribution in [0.4, 0.5) is 5.82 Å². The van der Waals surface area contributed by atoms with Gasteiger partial charge < -0.3 is 14.5 Å². The Balaban J connectivity index is 1.65. The van der Waals surface area contributed by atoms with Gasteiger partial charge in [-0.25, -0.2) is 0 Å². The molecule has 7 nitrogen and oxygen atoms in total. The van der Waals surface area contributed by atoms with Crippen molar-refractivity contribution in [3.63, 3.8) is 0 Å². The number of hydrogen-bond donors (Lipinski definition) is 1. The van der Waals surface area contributed by atoms with Crippen molar-refractivity contribution < 1.29 is 13.9 Å². The van der Waals surface area contributed by atoms with Crippen LogP contribution in [0.2, 0.25) is 0 Å². The number of nitrogens with zero attached hydrogens (tertiary/aromatic N) is 3. The maximum Gasteiger partial charge on any atom is 0.325 e. The van der Waals surface area contributed by atoms with Crippen molar-refractivity contribution in [2.45, 2.75) is 19.3 Å². The molecule has 5 rings (SSSR count). The monoisotopic (exact) mass is 452 g/mol. The summed E-state index contributed by atoms with van der Waals surface area (Å²) in [6, 6.07) is 13.7. The molecule has 0 radical (unpaired) electrons. The number of benzene rings is 2. The molecule has 1 amide bonds. The largest absolute Gasteiger partial charge is 0.496 e. The third-order valence-corrected chi connectivity index (χ3v) is 5.76. The van der Waals surface area contributed by atoms with Crippen molar-refractivity contribution >= 4 is 38.8 Å². The Kier molecular flexibility index (Phi) is 4.16. The molecule has 1 atom stereocenters. The molecule has 2 aromatic carbocycles. The van der Waals surface area contributed by atoms with E-state index in [9.17, 15) is 4.79 Å². The highest BCUT2D eigenvalue weighted by molar-refractivity contribution is 9.10. The minimum absolute atomic E-state index is 0.0771. The van der Waals surface area contributed by atoms with Crippen LogP contribution in [-0.2, 0) is 4.79 Å². The molecule has 3 heterocycles. The van der Waals surface area contributed by atoms with E-state index in [0.29, 0.717) is 23.8 Å². The predicted molar refractivity (Wildman–Crippen MR) is 112 cm³/mol. The number of carbonyl (C=O) groups is 1. The van der Waals surface area contributed by atoms with Crippen LogP contribution in [0.25, 0.3) is 17.1 Å². The highest BCUT2D eigenvalue weighted by Gasteiger charge is 2.34. The van der Waals surface area contributed by atoms with Crippen molar-refractivity contribution in [3.8, 4) is 11.8 Å². The van der Waals surface area contributed by atoms with Gasteiger partial charge in [-0.15, -0.1) is 0 Å². The van der Waals surface area contributed by atoms with Crippen LogP contribution in [0.3, 0.4) is 0 Å². The van der Waals surface area contributed by atoms with E-state index in [-0.39, 0.29) is 11.8 Å². The average Bonchev–Trinajstić information content (AvgIpc) is 3.28. The fourth-order valence-corrected chi connectivity index (χ4v) is 4.38. The van der Waals surface area contributed by atoms with Gasteiger partial charge in [0.2, 0.25) is 5.91 Å². The number of nitrogens with one attached hydrogen (secondary N) is 1. The number of carbonyl (C=O) groups excluding carboxylic acids is 1. The molecule has 1 aliphatic heterocycles. The topological polar surface area (TPSA) is 82.2 Å². The second kappa shape index (κ2) is 6.73. The van der Waals surface area contributed by atoms with Gasteiger partial charge in [0.1, 0.15) is 17.1 Å². The fourth-order valence-electron chi connectivity index (χ4n) is 3.82. The van der Waals surface area contributed by atoms with Gasteiger partial charge in [-0.2, -0.15) is 14.8 Å². The molecular weight excluding hydrogens is 436 g/mol. The van der Waals surface area contributed by atoms with E-state index in [1.807, 2.05) is 49.4 Å². The molecule has 0 bridgehead atoms. The lowest BCUT2D eigenvalue weighted by Crippen LogP contribution is -2.25. The predicted octanol–water partition coefficient (Wildman–Crippen LogP) is 4.57. The maximum atomic E-state index is 12.5. The number of hydrogen-bond acceptors (Lipinski definition) is 5. The molecule has 0 fully saturated rings. The minimum Gasteiger partial charge on any atom is -0.496 e. The van der Waals surface area contributed by atoms with Crippen LogP contribution < -0.4 is 10.1 Å². The number of rotatable bonds is 3. The van der Waals surface area contributed by atoms with Gasteiger partial charge in [-0.1, -0.05) is 18.2 Å². The van der Waals surface area contributed by atoms with Gasteiger partial charge in [0.15, 0.2) is 5.58 Å². The number of fused-ring (bicyclic) bond motifs is 2. The number of anilines is 1. The molecule has 1 N–H and O–H groups in total. The lowest BCUT2D eigenvalue weighted by Gasteiger charge is -2.24. The second-order valence-corrected chi connectivity index (χ2v) is 7.78. The summed E-state index contributed by atoms with van der Waals surface area (Å²) in [5.74, 6) is 1.14. The molecule has 0 aliphatic carbocycles. The Bertz CT molecular complexity index is 1230. The van der Waals surface area contributed by atoms with Crippen molar-refractivity contribution in [1.29, 1.82) is 0 Å². The first kappa shape index (κ1) is 17.9. The Morgan fingerprint density at radius 1 is 1.28 bits per heavy atom. The summed E-state index contributed by atoms with van der Waals surface area (Å²) in [4.78, 5) is 17.1. The molecular formula is C21H17BrN4O3. The van der Waals surface area contributed by atoms with Gasteiger partial charge in [0.05, 0.1) is 17.3 Å². The van der Waals surface area contributed by atoms with Crippen LogP contribution in [0, 0.1) is 6.92 Å². The third kappa shape index (κ3) is 2.91. The van der Waals surface area contributed by atoms with E-state index in [4.69, 9.17) is 9.15 Å². The van der Waals surface area contributed by atoms with Crippen molar-refractivity contribution in [3.05, 3.63) is 63.8 Å². The second-order valence-electron chi connectivity index (χ2n) is 6.92. The van der Waals surface area contributed by atoms with Gasteiger partial charge in [0, 0.05) is 17.9 Å². The summed E-state index contributed by atoms with van der Waals surface area (Å²) in [7, 11) is 1.63. The average molecular weight is 453 g/mol. The molecule has 0 spiro atoms. The quantitative estimate of drug-likeness (QED) is 0.492. The first-order valence-electron chi connectivity index (χ1n) is 9.14. The van der Waals surface area contributed by atoms with Gasteiger partial charge in [-0.3, -0.25) is 4.79 Å². The number of aromatic nitrogens is 3. The van der Waals surface area contributed by atoms with Crippen molar-refractivity contribution in [2.75, 3.05) is 12.4 Å². The first-order valence-corrected chi connectivity index (χ1v) is 9.93. The van der Waals surface area contributed by atoms with Crippen LogP contribution in [0.15, 0.2) is 51.4 Å². The summed E-state index contributed by atoms with van der Waals surface area (Å²) >= 11 is 3.54. The first-order chi connectivity index (χ1) is 14.0. The standard InChI is InChI=1S/C21H17BrN4O3/c1-11-19-13(12-7-8-16(28-2)14(22)9-12)10-18(27)24-20(19)26(25-11)21-23-15-5-3-4-6-17(15)29-21/h3-9,13H,10H2,1-2H3,(H,24,27)/t13-/m0/s1. The highest BCUT2D eigenvalue weighted by atomic mass is 79.9. The Hall–Kier alpha value is -3.13. The van der Waals surface area contributed by atoms with Crippen molar-refractivity contribution in [2.24, 2.45) is 0 Å². The van der Waals surface area contributed by atoms with Gasteiger partial charge >= 0.3 is 6.01 Å². The number of aryl methyl sites for hydroxylation is 1. The van der Waals surface area contributed by atoms with E-state index in [1.54, 1.807) is 11.8 Å². The lowest BCUT2D eigenvalue weighted by molar-refractivity contribution is -0.116. The van der Waals surface area contributed by atoms with E-state index >= 15 is 0 Å². The highest BCUT2D eigenvalue weighted by Crippen LogP contribution is 2.42. The SMILES string of the molecule is COc1ccc([C@@H]2CC(=O)Nc3c2c(C)nn3-c2nc3ccccc3o2)cc1Br. The number of methoxy groups -OCH3 is 1. The third-order valence-electron chi connectivity index (χ3n) is 5.14. The molecule has 4 aromatic rings. The number of para-hydroxylation sites is 2. The van der Waals surface area contributed by atoms with Crippen LogP contribution in [0.5, 0.6) is 5.75 Å². The van der Waals surface area contributed by atoms with Gasteiger partial charge in [-0.05, 0) is 52.7 Å². The summed E-state index contributed by atoms with van der Waals surface area (Å²) in [5.41, 5.74) is 4.20. The summed E-state index contributed by atoms with van der Waals surface area (Å²) in [6.07, 6.45) is 0.339. The zero-order chi connectivity index (χ0) is 20.1. The van der Waals surface area contributed by atoms with E-state index in [1.165, 1.54) is 0 Å². The zero-order valence-electron chi connectivity index (χ0n) is 15.8. The molecule has 1 aliphatic rings. The van der Waals surface area contributed by atoms with Crippen LogP contribution >= 0.6 is 15.9 Å². The number of ether oxygens (including phenoxy) is 1. The Morgan fingerprint density at radius 2 is 2.10 bits per heavy atom. The molecule has 0 saturated heterocycles. The minimum atomic E-state index is -0.126. The number of oxazole rings is 1. The summed E-state index contributed by atoms with van der Waals surface area (Å²) in [6.45, 7) is 1.93. The molecule has 29 heavy (non-hydrogen) atoms.